The van der Waals surface area contributed by atoms with Crippen molar-refractivity contribution in [3.05, 3.63) is 23.3 Å². The number of carboxylic acids is 1. The molecule has 1 aromatic carbocycles. The second kappa shape index (κ2) is 3.46. The molecule has 82 valence electrons. The Kier molecular flexibility index (Phi) is 2.62. The van der Waals surface area contributed by atoms with Crippen molar-refractivity contribution in [3.63, 3.8) is 0 Å². The van der Waals surface area contributed by atoms with Gasteiger partial charge in [-0.1, -0.05) is 20.8 Å². The molecule has 0 aliphatic carbocycles. The van der Waals surface area contributed by atoms with Gasteiger partial charge in [-0.3, -0.25) is 0 Å². The van der Waals surface area contributed by atoms with Crippen molar-refractivity contribution in [3.8, 4) is 11.5 Å². The van der Waals surface area contributed by atoms with Crippen molar-refractivity contribution in [2.75, 3.05) is 0 Å². The summed E-state index contributed by atoms with van der Waals surface area (Å²) in [5.41, 5.74) is -0.212. The Hall–Kier alpha value is -1.71. The van der Waals surface area contributed by atoms with Crippen LogP contribution in [0.3, 0.4) is 0 Å². The summed E-state index contributed by atoms with van der Waals surface area (Å²) in [6, 6.07) is 2.28. The lowest BCUT2D eigenvalue weighted by Crippen LogP contribution is -2.12. The summed E-state index contributed by atoms with van der Waals surface area (Å²) in [6.07, 6.45) is 0. The zero-order valence-corrected chi connectivity index (χ0v) is 8.90. The van der Waals surface area contributed by atoms with Gasteiger partial charge in [-0.15, -0.1) is 0 Å². The molecular weight excluding hydrogens is 196 g/mol. The predicted octanol–water partition coefficient (Wildman–Crippen LogP) is 2.09. The van der Waals surface area contributed by atoms with Crippen LogP contribution in [0.25, 0.3) is 0 Å². The normalized spacial score (nSPS) is 11.4. The van der Waals surface area contributed by atoms with E-state index in [1.165, 1.54) is 0 Å². The molecule has 15 heavy (non-hydrogen) atoms. The maximum Gasteiger partial charge on any atom is 0.335 e. The van der Waals surface area contributed by atoms with Crippen LogP contribution in [0, 0.1) is 0 Å². The summed E-state index contributed by atoms with van der Waals surface area (Å²) >= 11 is 0. The Balaban J connectivity index is 3.41. The van der Waals surface area contributed by atoms with Gasteiger partial charge in [0.25, 0.3) is 0 Å². The number of aromatic carboxylic acids is 1. The number of carboxylic acid groups (broad SMARTS) is 1. The smallest absolute Gasteiger partial charge is 0.335 e. The van der Waals surface area contributed by atoms with Crippen LogP contribution in [0.1, 0.15) is 36.7 Å². The van der Waals surface area contributed by atoms with E-state index in [4.69, 9.17) is 5.11 Å². The van der Waals surface area contributed by atoms with Crippen molar-refractivity contribution in [2.24, 2.45) is 0 Å². The van der Waals surface area contributed by atoms with Gasteiger partial charge in [0, 0.05) is 5.56 Å². The maximum atomic E-state index is 10.6. The summed E-state index contributed by atoms with van der Waals surface area (Å²) in [6.45, 7) is 5.46. The molecule has 1 aromatic rings. The number of phenolic OH excluding ortho intramolecular Hbond substituents is 2. The van der Waals surface area contributed by atoms with Crippen LogP contribution in [0.15, 0.2) is 12.1 Å². The number of hydrogen-bond donors (Lipinski definition) is 3. The first-order valence-corrected chi connectivity index (χ1v) is 4.53. The number of hydrogen-bond acceptors (Lipinski definition) is 3. The Labute approximate surface area is 87.8 Å². The molecule has 0 fully saturated rings. The monoisotopic (exact) mass is 210 g/mol. The number of rotatable bonds is 1. The van der Waals surface area contributed by atoms with E-state index < -0.39 is 11.4 Å². The molecule has 0 radical (unpaired) electrons. The molecule has 1 rings (SSSR count). The lowest BCUT2D eigenvalue weighted by Gasteiger charge is -2.21. The summed E-state index contributed by atoms with van der Waals surface area (Å²) in [5, 5.41) is 28.0. The Bertz CT molecular complexity index is 379. The Morgan fingerprint density at radius 3 is 1.80 bits per heavy atom. The summed E-state index contributed by atoms with van der Waals surface area (Å²) < 4.78 is 0. The SMILES string of the molecule is CC(C)(C)c1c(O)cc(C(=O)O)cc1O. The molecule has 0 unspecified atom stereocenters. The highest BCUT2D eigenvalue weighted by atomic mass is 16.4. The first kappa shape index (κ1) is 11.4. The fourth-order valence-corrected chi connectivity index (χ4v) is 1.50. The van der Waals surface area contributed by atoms with E-state index in [0.717, 1.165) is 12.1 Å². The fraction of sp³-hybridized carbons (Fsp3) is 0.364. The molecule has 0 heterocycles. The van der Waals surface area contributed by atoms with Crippen molar-refractivity contribution in [1.82, 2.24) is 0 Å². The molecule has 3 N–H and O–H groups in total. The average Bonchev–Trinajstić information content (AvgIpc) is 1.99. The van der Waals surface area contributed by atoms with Crippen LogP contribution in [-0.4, -0.2) is 21.3 Å². The van der Waals surface area contributed by atoms with Crippen LogP contribution in [0.5, 0.6) is 11.5 Å². The first-order valence-electron chi connectivity index (χ1n) is 4.53. The summed E-state index contributed by atoms with van der Waals surface area (Å²) in [5.74, 6) is -1.57. The molecule has 0 amide bonds. The molecule has 0 aliphatic rings. The molecule has 0 saturated heterocycles. The number of benzene rings is 1. The third-order valence-corrected chi connectivity index (χ3v) is 2.09. The van der Waals surface area contributed by atoms with Gasteiger partial charge < -0.3 is 15.3 Å². The van der Waals surface area contributed by atoms with Crippen LogP contribution < -0.4 is 0 Å². The van der Waals surface area contributed by atoms with Gasteiger partial charge in [-0.05, 0) is 17.5 Å². The van der Waals surface area contributed by atoms with Crippen molar-refractivity contribution >= 4 is 5.97 Å². The average molecular weight is 210 g/mol. The van der Waals surface area contributed by atoms with Crippen LogP contribution >= 0.6 is 0 Å². The number of carbonyl (C=O) groups is 1. The van der Waals surface area contributed by atoms with E-state index in [1.807, 2.05) is 20.8 Å². The molecule has 0 bridgehead atoms. The summed E-state index contributed by atoms with van der Waals surface area (Å²) in [4.78, 5) is 10.6. The molecule has 4 heteroatoms. The molecule has 4 nitrogen and oxygen atoms in total. The predicted molar refractivity (Wildman–Crippen MR) is 55.4 cm³/mol. The zero-order valence-electron chi connectivity index (χ0n) is 8.90. The van der Waals surface area contributed by atoms with Crippen molar-refractivity contribution in [2.45, 2.75) is 26.2 Å². The van der Waals surface area contributed by atoms with Gasteiger partial charge in [-0.25, -0.2) is 4.79 Å². The zero-order chi connectivity index (χ0) is 11.8. The van der Waals surface area contributed by atoms with E-state index in [9.17, 15) is 15.0 Å². The first-order chi connectivity index (χ1) is 6.73. The fourth-order valence-electron chi connectivity index (χ4n) is 1.50. The van der Waals surface area contributed by atoms with Crippen molar-refractivity contribution < 1.29 is 20.1 Å². The molecular formula is C11H14O4. The van der Waals surface area contributed by atoms with E-state index >= 15 is 0 Å². The highest BCUT2D eigenvalue weighted by molar-refractivity contribution is 5.89. The third-order valence-electron chi connectivity index (χ3n) is 2.09. The lowest BCUT2D eigenvalue weighted by molar-refractivity contribution is 0.0695. The standard InChI is InChI=1S/C11H14O4/c1-11(2,3)9-7(12)4-6(10(14)15)5-8(9)13/h4-5,12-13H,1-3H3,(H,14,15). The van der Waals surface area contributed by atoms with Gasteiger partial charge in [0.05, 0.1) is 5.56 Å². The van der Waals surface area contributed by atoms with E-state index in [-0.39, 0.29) is 17.1 Å². The second-order valence-corrected chi connectivity index (χ2v) is 4.44. The van der Waals surface area contributed by atoms with E-state index in [2.05, 4.69) is 0 Å². The third kappa shape index (κ3) is 2.21. The number of aromatic hydroxyl groups is 2. The molecule has 0 aromatic heterocycles. The van der Waals surface area contributed by atoms with Gasteiger partial charge in [0.15, 0.2) is 0 Å². The Morgan fingerprint density at radius 1 is 1.13 bits per heavy atom. The van der Waals surface area contributed by atoms with Gasteiger partial charge in [0.2, 0.25) is 0 Å². The van der Waals surface area contributed by atoms with Gasteiger partial charge >= 0.3 is 5.97 Å². The largest absolute Gasteiger partial charge is 0.507 e. The van der Waals surface area contributed by atoms with Gasteiger partial charge in [-0.2, -0.15) is 0 Å². The van der Waals surface area contributed by atoms with Crippen LogP contribution in [-0.2, 0) is 5.41 Å². The second-order valence-electron chi connectivity index (χ2n) is 4.44. The number of phenols is 2. The molecule has 0 spiro atoms. The minimum atomic E-state index is -1.18. The summed E-state index contributed by atoms with van der Waals surface area (Å²) in [7, 11) is 0. The molecule has 0 atom stereocenters. The highest BCUT2D eigenvalue weighted by Crippen LogP contribution is 2.38. The topological polar surface area (TPSA) is 77.8 Å². The maximum absolute atomic E-state index is 10.6. The van der Waals surface area contributed by atoms with E-state index in [1.54, 1.807) is 0 Å². The minimum Gasteiger partial charge on any atom is -0.507 e. The van der Waals surface area contributed by atoms with Gasteiger partial charge in [0.1, 0.15) is 11.5 Å². The van der Waals surface area contributed by atoms with Crippen LogP contribution in [0.4, 0.5) is 0 Å². The van der Waals surface area contributed by atoms with Crippen LogP contribution in [0.2, 0.25) is 0 Å². The molecule has 0 saturated carbocycles. The quantitative estimate of drug-likeness (QED) is 0.663. The molecule has 0 aliphatic heterocycles. The van der Waals surface area contributed by atoms with Crippen molar-refractivity contribution in [1.29, 1.82) is 0 Å². The Morgan fingerprint density at radius 2 is 1.53 bits per heavy atom. The van der Waals surface area contributed by atoms with E-state index in [0.29, 0.717) is 5.56 Å². The minimum absolute atomic E-state index is 0.127. The highest BCUT2D eigenvalue weighted by Gasteiger charge is 2.23. The lowest BCUT2D eigenvalue weighted by atomic mass is 9.85.